The molecule has 0 N–H and O–H groups in total. The molecule has 200 valence electrons. The second kappa shape index (κ2) is 15.2. The molecule has 0 aliphatic rings. The fraction of sp³-hybridized carbons (Fsp3) is 0.133. The third-order valence-corrected chi connectivity index (χ3v) is 4.92. The first-order valence-electron chi connectivity index (χ1n) is 11.9. The van der Waals surface area contributed by atoms with Crippen LogP contribution in [0.15, 0.2) is 97.6 Å². The normalized spacial score (nSPS) is 10.4. The lowest BCUT2D eigenvalue weighted by molar-refractivity contribution is -0.138. The van der Waals surface area contributed by atoms with Gasteiger partial charge in [0.05, 0.1) is 18.8 Å². The minimum absolute atomic E-state index is 0.0945. The Balaban J connectivity index is 1.39. The number of esters is 3. The summed E-state index contributed by atoms with van der Waals surface area (Å²) in [5.41, 5.74) is 1.10. The highest BCUT2D eigenvalue weighted by atomic mass is 16.7. The van der Waals surface area contributed by atoms with Crippen LogP contribution in [-0.2, 0) is 19.1 Å². The molecular weight excluding hydrogens is 504 g/mol. The van der Waals surface area contributed by atoms with Gasteiger partial charge >= 0.3 is 24.1 Å². The molecule has 0 atom stereocenters. The number of hydrogen-bond donors (Lipinski definition) is 0. The number of ether oxygens (including phenoxy) is 5. The Bertz CT molecular complexity index is 1290. The molecule has 0 spiro atoms. The molecule has 0 saturated heterocycles. The summed E-state index contributed by atoms with van der Waals surface area (Å²) >= 11 is 0. The monoisotopic (exact) mass is 530 g/mol. The summed E-state index contributed by atoms with van der Waals surface area (Å²) in [5, 5.41) is 0. The Labute approximate surface area is 225 Å². The van der Waals surface area contributed by atoms with Crippen LogP contribution in [0.1, 0.15) is 28.8 Å². The van der Waals surface area contributed by atoms with Crippen molar-refractivity contribution in [1.29, 1.82) is 0 Å². The summed E-state index contributed by atoms with van der Waals surface area (Å²) in [4.78, 5) is 47.1. The average molecular weight is 531 g/mol. The van der Waals surface area contributed by atoms with Crippen LogP contribution in [0.2, 0.25) is 0 Å². The van der Waals surface area contributed by atoms with Gasteiger partial charge in [-0.3, -0.25) is 0 Å². The lowest BCUT2D eigenvalue weighted by Crippen LogP contribution is -2.12. The van der Waals surface area contributed by atoms with E-state index in [0.29, 0.717) is 18.6 Å². The maximum atomic E-state index is 12.4. The van der Waals surface area contributed by atoms with Gasteiger partial charge in [-0.05, 0) is 73.0 Å². The van der Waals surface area contributed by atoms with E-state index >= 15 is 0 Å². The molecule has 3 rings (SSSR count). The molecule has 0 aliphatic heterocycles. The van der Waals surface area contributed by atoms with Crippen LogP contribution in [0.3, 0.4) is 0 Å². The summed E-state index contributed by atoms with van der Waals surface area (Å²) in [6.45, 7) is 3.59. The fourth-order valence-electron chi connectivity index (χ4n) is 3.00. The molecule has 9 heteroatoms. The van der Waals surface area contributed by atoms with Gasteiger partial charge in [-0.25, -0.2) is 19.2 Å². The van der Waals surface area contributed by atoms with E-state index in [1.807, 2.05) is 30.3 Å². The molecule has 3 aromatic carbocycles. The van der Waals surface area contributed by atoms with Crippen molar-refractivity contribution in [1.82, 2.24) is 0 Å². The predicted molar refractivity (Wildman–Crippen MR) is 141 cm³/mol. The molecule has 0 radical (unpaired) electrons. The first-order chi connectivity index (χ1) is 18.9. The summed E-state index contributed by atoms with van der Waals surface area (Å²) < 4.78 is 25.4. The van der Waals surface area contributed by atoms with Gasteiger partial charge < -0.3 is 23.7 Å². The zero-order chi connectivity index (χ0) is 27.9. The fourth-order valence-corrected chi connectivity index (χ4v) is 3.00. The van der Waals surface area contributed by atoms with Crippen molar-refractivity contribution in [2.45, 2.75) is 12.8 Å². The highest BCUT2D eigenvalue weighted by molar-refractivity contribution is 5.91. The third kappa shape index (κ3) is 10.4. The molecule has 0 bridgehead atoms. The zero-order valence-corrected chi connectivity index (χ0v) is 20.9. The van der Waals surface area contributed by atoms with Crippen LogP contribution < -0.4 is 14.2 Å². The van der Waals surface area contributed by atoms with Crippen LogP contribution in [0, 0.1) is 0 Å². The van der Waals surface area contributed by atoms with Crippen LogP contribution in [0.25, 0.3) is 6.08 Å². The van der Waals surface area contributed by atoms with E-state index in [1.54, 1.807) is 6.08 Å². The van der Waals surface area contributed by atoms with Gasteiger partial charge in [-0.15, -0.1) is 0 Å². The molecule has 0 amide bonds. The van der Waals surface area contributed by atoms with Crippen molar-refractivity contribution in [3.63, 3.8) is 0 Å². The Kier molecular flexibility index (Phi) is 11.0. The van der Waals surface area contributed by atoms with E-state index in [-0.39, 0.29) is 30.3 Å². The topological polar surface area (TPSA) is 114 Å². The van der Waals surface area contributed by atoms with Crippen LogP contribution >= 0.6 is 0 Å². The van der Waals surface area contributed by atoms with E-state index in [1.165, 1.54) is 54.6 Å². The number of benzene rings is 3. The van der Waals surface area contributed by atoms with Crippen molar-refractivity contribution in [3.05, 3.63) is 109 Å². The Morgan fingerprint density at radius 2 is 1.21 bits per heavy atom. The summed E-state index contributed by atoms with van der Waals surface area (Å²) in [7, 11) is 0. The van der Waals surface area contributed by atoms with Crippen molar-refractivity contribution in [2.24, 2.45) is 0 Å². The zero-order valence-electron chi connectivity index (χ0n) is 20.9. The predicted octanol–water partition coefficient (Wildman–Crippen LogP) is 5.55. The van der Waals surface area contributed by atoms with Crippen molar-refractivity contribution in [3.8, 4) is 17.2 Å². The molecule has 0 heterocycles. The van der Waals surface area contributed by atoms with Gasteiger partial charge in [0, 0.05) is 12.2 Å². The van der Waals surface area contributed by atoms with Crippen LogP contribution in [0.5, 0.6) is 17.2 Å². The van der Waals surface area contributed by atoms with Crippen molar-refractivity contribution in [2.75, 3.05) is 13.2 Å². The molecule has 39 heavy (non-hydrogen) atoms. The smallest absolute Gasteiger partial charge is 0.463 e. The van der Waals surface area contributed by atoms with Crippen LogP contribution in [0.4, 0.5) is 4.79 Å². The Morgan fingerprint density at radius 1 is 0.641 bits per heavy atom. The second-order valence-electron chi connectivity index (χ2n) is 7.83. The van der Waals surface area contributed by atoms with E-state index < -0.39 is 24.1 Å². The largest absolute Gasteiger partial charge is 0.513 e. The average Bonchev–Trinajstić information content (AvgIpc) is 2.95. The molecule has 0 saturated carbocycles. The van der Waals surface area contributed by atoms with Crippen LogP contribution in [-0.4, -0.2) is 37.3 Å². The summed E-state index contributed by atoms with van der Waals surface area (Å²) in [5.74, 6) is -0.946. The summed E-state index contributed by atoms with van der Waals surface area (Å²) in [6.07, 6.45) is 4.14. The van der Waals surface area contributed by atoms with Gasteiger partial charge in [0.15, 0.2) is 0 Å². The maximum absolute atomic E-state index is 12.4. The molecule has 3 aromatic rings. The van der Waals surface area contributed by atoms with Crippen molar-refractivity contribution < 1.29 is 42.9 Å². The molecule has 0 aliphatic carbocycles. The molecule has 0 aromatic heterocycles. The van der Waals surface area contributed by atoms with Gasteiger partial charge in [0.25, 0.3) is 0 Å². The van der Waals surface area contributed by atoms with E-state index in [2.05, 4.69) is 6.58 Å². The Morgan fingerprint density at radius 3 is 1.85 bits per heavy atom. The Hall–Kier alpha value is -5.18. The molecule has 0 fully saturated rings. The first kappa shape index (κ1) is 28.4. The number of rotatable bonds is 12. The van der Waals surface area contributed by atoms with Crippen molar-refractivity contribution >= 4 is 30.1 Å². The van der Waals surface area contributed by atoms with Gasteiger partial charge in [0.2, 0.25) is 0 Å². The third-order valence-electron chi connectivity index (χ3n) is 4.92. The highest BCUT2D eigenvalue weighted by Crippen LogP contribution is 2.20. The van der Waals surface area contributed by atoms with Gasteiger partial charge in [0.1, 0.15) is 17.2 Å². The highest BCUT2D eigenvalue weighted by Gasteiger charge is 2.11. The maximum Gasteiger partial charge on any atom is 0.513 e. The van der Waals surface area contributed by atoms with E-state index in [9.17, 15) is 19.2 Å². The SMILES string of the molecule is C=CC(=O)OCCCCOC(=O)Oc1ccc(C(=O)Oc2ccc(OC(=O)C=Cc3ccccc3)cc2)cc1. The standard InChI is InChI=1S/C30H26O9/c1-2-27(31)35-20-6-7-21-36-30(34)39-26-13-11-23(12-14-26)29(33)38-25-17-15-24(16-18-25)37-28(32)19-10-22-8-4-3-5-9-22/h2-5,8-19H,1,6-7,20-21H2. The van der Waals surface area contributed by atoms with Gasteiger partial charge in [-0.1, -0.05) is 36.9 Å². The molecular formula is C30H26O9. The molecule has 0 unspecified atom stereocenters. The minimum atomic E-state index is -0.898. The molecule has 9 nitrogen and oxygen atoms in total. The quantitative estimate of drug-likeness (QED) is 0.0977. The first-order valence-corrected chi connectivity index (χ1v) is 11.9. The van der Waals surface area contributed by atoms with E-state index in [4.69, 9.17) is 23.7 Å². The number of hydrogen-bond acceptors (Lipinski definition) is 9. The minimum Gasteiger partial charge on any atom is -0.463 e. The van der Waals surface area contributed by atoms with E-state index in [0.717, 1.165) is 11.6 Å². The lowest BCUT2D eigenvalue weighted by atomic mass is 10.2. The number of unbranched alkanes of at least 4 members (excludes halogenated alkanes) is 1. The number of carbonyl (C=O) groups is 4. The lowest BCUT2D eigenvalue weighted by Gasteiger charge is -2.08. The summed E-state index contributed by atoms with van der Waals surface area (Å²) in [6, 6.07) is 21.1. The number of carbonyl (C=O) groups excluding carboxylic acids is 4. The second-order valence-corrected chi connectivity index (χ2v) is 7.83. The van der Waals surface area contributed by atoms with Gasteiger partial charge in [-0.2, -0.15) is 0 Å².